The molecule has 1 heterocycles. The van der Waals surface area contributed by atoms with E-state index in [0.29, 0.717) is 12.0 Å². The van der Waals surface area contributed by atoms with E-state index in [2.05, 4.69) is 11.4 Å². The van der Waals surface area contributed by atoms with Crippen molar-refractivity contribution in [3.63, 3.8) is 0 Å². The van der Waals surface area contributed by atoms with Gasteiger partial charge in [0.25, 0.3) is 0 Å². The Kier molecular flexibility index (Phi) is 4.22. The van der Waals surface area contributed by atoms with Crippen molar-refractivity contribution in [2.45, 2.75) is 18.9 Å². The van der Waals surface area contributed by atoms with Crippen LogP contribution in [0.15, 0.2) is 24.3 Å². The summed E-state index contributed by atoms with van der Waals surface area (Å²) in [7, 11) is 2.02. The molecule has 1 aliphatic heterocycles. The van der Waals surface area contributed by atoms with Crippen LogP contribution in [0.3, 0.4) is 0 Å². The maximum atomic E-state index is 6.17. The van der Waals surface area contributed by atoms with Gasteiger partial charge in [-0.05, 0) is 31.5 Å². The van der Waals surface area contributed by atoms with Crippen LogP contribution in [0, 0.1) is 5.92 Å². The second kappa shape index (κ2) is 5.67. The Bertz CT molecular complexity index is 342. The maximum absolute atomic E-state index is 6.17. The summed E-state index contributed by atoms with van der Waals surface area (Å²) < 4.78 is 5.54. The first kappa shape index (κ1) is 11.9. The van der Waals surface area contributed by atoms with Gasteiger partial charge in [-0.15, -0.1) is 0 Å². The third kappa shape index (κ3) is 2.76. The van der Waals surface area contributed by atoms with E-state index in [1.165, 1.54) is 5.56 Å². The summed E-state index contributed by atoms with van der Waals surface area (Å²) >= 11 is 6.17. The van der Waals surface area contributed by atoms with Crippen LogP contribution < -0.4 is 5.32 Å². The highest BCUT2D eigenvalue weighted by atomic mass is 35.5. The van der Waals surface area contributed by atoms with Gasteiger partial charge in [0.1, 0.15) is 0 Å². The fraction of sp³-hybridized carbons (Fsp3) is 0.538. The van der Waals surface area contributed by atoms with E-state index in [4.69, 9.17) is 16.3 Å². The number of hydrogen-bond donors (Lipinski definition) is 1. The van der Waals surface area contributed by atoms with E-state index in [0.717, 1.165) is 31.1 Å². The minimum absolute atomic E-state index is 0.527. The normalized spacial score (nSPS) is 25.6. The number of halogens is 1. The molecule has 0 aromatic heterocycles. The van der Waals surface area contributed by atoms with Crippen LogP contribution in [0.1, 0.15) is 12.0 Å². The average molecular weight is 240 g/mol. The first-order valence-corrected chi connectivity index (χ1v) is 6.17. The predicted molar refractivity (Wildman–Crippen MR) is 66.9 cm³/mol. The largest absolute Gasteiger partial charge is 0.381 e. The topological polar surface area (TPSA) is 21.3 Å². The molecule has 2 nitrogen and oxygen atoms in total. The zero-order chi connectivity index (χ0) is 11.4. The summed E-state index contributed by atoms with van der Waals surface area (Å²) in [5, 5.41) is 4.23. The fourth-order valence-corrected chi connectivity index (χ4v) is 2.54. The zero-order valence-electron chi connectivity index (χ0n) is 9.58. The van der Waals surface area contributed by atoms with Gasteiger partial charge in [-0.2, -0.15) is 0 Å². The molecule has 1 fully saturated rings. The Morgan fingerprint density at radius 3 is 3.00 bits per heavy atom. The van der Waals surface area contributed by atoms with Crippen molar-refractivity contribution in [2.75, 3.05) is 20.3 Å². The number of ether oxygens (including phenoxy) is 1. The summed E-state index contributed by atoms with van der Waals surface area (Å²) in [5.74, 6) is 0.527. The molecular weight excluding hydrogens is 222 g/mol. The van der Waals surface area contributed by atoms with Gasteiger partial charge in [-0.1, -0.05) is 29.8 Å². The van der Waals surface area contributed by atoms with Gasteiger partial charge in [-0.3, -0.25) is 0 Å². The lowest BCUT2D eigenvalue weighted by Crippen LogP contribution is -2.41. The van der Waals surface area contributed by atoms with Crippen molar-refractivity contribution in [3.8, 4) is 0 Å². The van der Waals surface area contributed by atoms with Crippen LogP contribution in [-0.2, 0) is 11.2 Å². The molecule has 0 unspecified atom stereocenters. The van der Waals surface area contributed by atoms with Crippen molar-refractivity contribution in [2.24, 2.45) is 5.92 Å². The lowest BCUT2D eigenvalue weighted by molar-refractivity contribution is 0.0342. The Labute approximate surface area is 102 Å². The lowest BCUT2D eigenvalue weighted by atomic mass is 9.89. The highest BCUT2D eigenvalue weighted by molar-refractivity contribution is 6.31. The molecule has 16 heavy (non-hydrogen) atoms. The molecule has 1 aromatic carbocycles. The van der Waals surface area contributed by atoms with Crippen molar-refractivity contribution in [1.29, 1.82) is 0 Å². The van der Waals surface area contributed by atoms with Crippen LogP contribution in [-0.4, -0.2) is 26.3 Å². The van der Waals surface area contributed by atoms with Crippen LogP contribution in [0.5, 0.6) is 0 Å². The summed E-state index contributed by atoms with van der Waals surface area (Å²) in [5.41, 5.74) is 1.22. The molecule has 0 spiro atoms. The van der Waals surface area contributed by atoms with Gasteiger partial charge in [0, 0.05) is 23.6 Å². The predicted octanol–water partition coefficient (Wildman–Crippen LogP) is 2.51. The molecule has 0 radical (unpaired) electrons. The molecule has 88 valence electrons. The van der Waals surface area contributed by atoms with Gasteiger partial charge < -0.3 is 10.1 Å². The Morgan fingerprint density at radius 1 is 1.44 bits per heavy atom. The summed E-state index contributed by atoms with van der Waals surface area (Å²) in [6, 6.07) is 8.61. The zero-order valence-corrected chi connectivity index (χ0v) is 10.3. The van der Waals surface area contributed by atoms with Gasteiger partial charge in [0.05, 0.1) is 6.61 Å². The molecule has 3 heteroatoms. The third-order valence-electron chi connectivity index (χ3n) is 3.28. The Balaban J connectivity index is 2.05. The average Bonchev–Trinajstić information content (AvgIpc) is 2.33. The smallest absolute Gasteiger partial charge is 0.0512 e. The maximum Gasteiger partial charge on any atom is 0.0512 e. The Morgan fingerprint density at radius 2 is 2.25 bits per heavy atom. The fourth-order valence-electron chi connectivity index (χ4n) is 2.32. The number of hydrogen-bond acceptors (Lipinski definition) is 2. The summed E-state index contributed by atoms with van der Waals surface area (Å²) in [4.78, 5) is 0. The molecule has 1 saturated heterocycles. The van der Waals surface area contributed by atoms with Crippen molar-refractivity contribution in [1.82, 2.24) is 5.32 Å². The van der Waals surface area contributed by atoms with Crippen LogP contribution in [0.2, 0.25) is 5.02 Å². The first-order chi connectivity index (χ1) is 7.81. The molecule has 0 saturated carbocycles. The van der Waals surface area contributed by atoms with Crippen LogP contribution in [0.4, 0.5) is 0 Å². The van der Waals surface area contributed by atoms with E-state index >= 15 is 0 Å². The van der Waals surface area contributed by atoms with Gasteiger partial charge in [-0.25, -0.2) is 0 Å². The van der Waals surface area contributed by atoms with Gasteiger partial charge >= 0.3 is 0 Å². The monoisotopic (exact) mass is 239 g/mol. The van der Waals surface area contributed by atoms with Crippen LogP contribution in [0.25, 0.3) is 0 Å². The van der Waals surface area contributed by atoms with E-state index < -0.39 is 0 Å². The van der Waals surface area contributed by atoms with Gasteiger partial charge in [0.2, 0.25) is 0 Å². The number of benzene rings is 1. The quantitative estimate of drug-likeness (QED) is 0.875. The first-order valence-electron chi connectivity index (χ1n) is 5.79. The molecule has 2 rings (SSSR count). The van der Waals surface area contributed by atoms with Gasteiger partial charge in [0.15, 0.2) is 0 Å². The molecule has 2 atom stereocenters. The van der Waals surface area contributed by atoms with Crippen LogP contribution >= 0.6 is 11.6 Å². The molecular formula is C13H18ClNO. The van der Waals surface area contributed by atoms with E-state index in [1.807, 2.05) is 25.2 Å². The van der Waals surface area contributed by atoms with Crippen molar-refractivity contribution < 1.29 is 4.74 Å². The molecule has 1 aliphatic rings. The van der Waals surface area contributed by atoms with E-state index in [1.54, 1.807) is 0 Å². The third-order valence-corrected chi connectivity index (χ3v) is 3.65. The summed E-state index contributed by atoms with van der Waals surface area (Å²) in [6.45, 7) is 1.70. The molecule has 0 amide bonds. The minimum atomic E-state index is 0.527. The number of rotatable bonds is 3. The van der Waals surface area contributed by atoms with Crippen molar-refractivity contribution >= 4 is 11.6 Å². The standard InChI is InChI=1S/C13H18ClNO/c1-15-13-6-7-16-9-11(13)8-10-4-2-3-5-12(10)14/h2-5,11,13,15H,6-9H2,1H3/t11-,13+/m0/s1. The molecule has 0 aliphatic carbocycles. The second-order valence-electron chi connectivity index (χ2n) is 4.31. The molecule has 1 N–H and O–H groups in total. The molecule has 0 bridgehead atoms. The minimum Gasteiger partial charge on any atom is -0.381 e. The highest BCUT2D eigenvalue weighted by Crippen LogP contribution is 2.23. The molecule has 1 aromatic rings. The highest BCUT2D eigenvalue weighted by Gasteiger charge is 2.24. The van der Waals surface area contributed by atoms with Crippen molar-refractivity contribution in [3.05, 3.63) is 34.9 Å². The summed E-state index contributed by atoms with van der Waals surface area (Å²) in [6.07, 6.45) is 2.08. The van der Waals surface area contributed by atoms with E-state index in [-0.39, 0.29) is 0 Å². The second-order valence-corrected chi connectivity index (χ2v) is 4.72. The lowest BCUT2D eigenvalue weighted by Gasteiger charge is -2.31. The number of nitrogens with one attached hydrogen (secondary N) is 1. The SMILES string of the molecule is CN[C@@H]1CCOC[C@@H]1Cc1ccccc1Cl. The van der Waals surface area contributed by atoms with E-state index in [9.17, 15) is 0 Å². The Hall–Kier alpha value is -0.570.